The lowest BCUT2D eigenvalue weighted by atomic mass is 9.97. The molecule has 1 fully saturated rings. The molecule has 2 rings (SSSR count). The van der Waals surface area contributed by atoms with E-state index in [-0.39, 0.29) is 11.9 Å². The lowest BCUT2D eigenvalue weighted by Gasteiger charge is -2.32. The number of para-hydroxylation sites is 2. The van der Waals surface area contributed by atoms with E-state index < -0.39 is 0 Å². The summed E-state index contributed by atoms with van der Waals surface area (Å²) in [5.41, 5.74) is 0. The molecule has 1 heterocycles. The van der Waals surface area contributed by atoms with Crippen LogP contribution in [-0.2, 0) is 0 Å². The van der Waals surface area contributed by atoms with Crippen LogP contribution in [0, 0.1) is 5.92 Å². The van der Waals surface area contributed by atoms with Crippen molar-refractivity contribution in [2.75, 3.05) is 13.1 Å². The number of ether oxygens (including phenoxy) is 1. The maximum Gasteiger partial charge on any atom is 0.161 e. The van der Waals surface area contributed by atoms with Gasteiger partial charge in [-0.15, -0.1) is 0 Å². The SMILES string of the molecule is CC(Oc1ccccc1O)C1CNC1. The third kappa shape index (κ3) is 1.82. The minimum atomic E-state index is 0.157. The fraction of sp³-hybridized carbons (Fsp3) is 0.455. The molecule has 1 aromatic carbocycles. The molecule has 1 aromatic rings. The minimum absolute atomic E-state index is 0.157. The summed E-state index contributed by atoms with van der Waals surface area (Å²) in [4.78, 5) is 0. The summed E-state index contributed by atoms with van der Waals surface area (Å²) in [6.45, 7) is 4.06. The zero-order chi connectivity index (χ0) is 9.97. The van der Waals surface area contributed by atoms with Gasteiger partial charge in [-0.05, 0) is 19.1 Å². The van der Waals surface area contributed by atoms with Crippen molar-refractivity contribution >= 4 is 0 Å². The Labute approximate surface area is 83.7 Å². The molecule has 0 bridgehead atoms. The van der Waals surface area contributed by atoms with E-state index in [9.17, 15) is 5.11 Å². The van der Waals surface area contributed by atoms with Crippen molar-refractivity contribution in [3.05, 3.63) is 24.3 Å². The number of aromatic hydroxyl groups is 1. The molecular formula is C11H15NO2. The van der Waals surface area contributed by atoms with Crippen molar-refractivity contribution in [1.82, 2.24) is 5.32 Å². The first kappa shape index (κ1) is 9.34. The van der Waals surface area contributed by atoms with Gasteiger partial charge in [0.25, 0.3) is 0 Å². The fourth-order valence-corrected chi connectivity index (χ4v) is 1.50. The Hall–Kier alpha value is -1.22. The molecule has 1 unspecified atom stereocenters. The minimum Gasteiger partial charge on any atom is -0.504 e. The maximum absolute atomic E-state index is 9.49. The van der Waals surface area contributed by atoms with Crippen LogP contribution >= 0.6 is 0 Å². The van der Waals surface area contributed by atoms with Crippen molar-refractivity contribution in [2.45, 2.75) is 13.0 Å². The number of phenolic OH excluding ortho intramolecular Hbond substituents is 1. The van der Waals surface area contributed by atoms with Gasteiger partial charge in [-0.2, -0.15) is 0 Å². The van der Waals surface area contributed by atoms with Gasteiger partial charge in [-0.25, -0.2) is 0 Å². The second-order valence-electron chi connectivity index (χ2n) is 3.71. The Balaban J connectivity index is 1.99. The molecule has 0 spiro atoms. The smallest absolute Gasteiger partial charge is 0.161 e. The molecule has 0 aromatic heterocycles. The van der Waals surface area contributed by atoms with Gasteiger partial charge in [0, 0.05) is 19.0 Å². The topological polar surface area (TPSA) is 41.5 Å². The van der Waals surface area contributed by atoms with E-state index >= 15 is 0 Å². The van der Waals surface area contributed by atoms with Crippen LogP contribution in [0.2, 0.25) is 0 Å². The highest BCUT2D eigenvalue weighted by molar-refractivity contribution is 5.38. The van der Waals surface area contributed by atoms with Gasteiger partial charge in [-0.3, -0.25) is 0 Å². The summed E-state index contributed by atoms with van der Waals surface area (Å²) in [7, 11) is 0. The molecule has 14 heavy (non-hydrogen) atoms. The standard InChI is InChI=1S/C11H15NO2/c1-8(9-6-12-7-9)14-11-5-3-2-4-10(11)13/h2-5,8-9,12-13H,6-7H2,1H3. The second kappa shape index (κ2) is 3.88. The van der Waals surface area contributed by atoms with Crippen molar-refractivity contribution in [2.24, 2.45) is 5.92 Å². The van der Waals surface area contributed by atoms with Crippen LogP contribution in [-0.4, -0.2) is 24.3 Å². The summed E-state index contributed by atoms with van der Waals surface area (Å²) in [5, 5.41) is 12.7. The molecular weight excluding hydrogens is 178 g/mol. The highest BCUT2D eigenvalue weighted by atomic mass is 16.5. The van der Waals surface area contributed by atoms with Gasteiger partial charge in [0.1, 0.15) is 6.10 Å². The molecule has 0 saturated carbocycles. The predicted molar refractivity (Wildman–Crippen MR) is 54.6 cm³/mol. The van der Waals surface area contributed by atoms with Crippen LogP contribution in [0.15, 0.2) is 24.3 Å². The van der Waals surface area contributed by atoms with Crippen LogP contribution in [0.1, 0.15) is 6.92 Å². The van der Waals surface area contributed by atoms with Crippen LogP contribution in [0.3, 0.4) is 0 Å². The van der Waals surface area contributed by atoms with E-state index in [2.05, 4.69) is 5.32 Å². The monoisotopic (exact) mass is 193 g/mol. The van der Waals surface area contributed by atoms with Gasteiger partial charge in [0.2, 0.25) is 0 Å². The van der Waals surface area contributed by atoms with Gasteiger partial charge >= 0.3 is 0 Å². The molecule has 1 saturated heterocycles. The van der Waals surface area contributed by atoms with Crippen molar-refractivity contribution in [1.29, 1.82) is 0 Å². The molecule has 2 N–H and O–H groups in total. The molecule has 76 valence electrons. The average Bonchev–Trinajstić information content (AvgIpc) is 2.05. The van der Waals surface area contributed by atoms with Crippen LogP contribution < -0.4 is 10.1 Å². The number of benzene rings is 1. The van der Waals surface area contributed by atoms with Crippen LogP contribution in [0.25, 0.3) is 0 Å². The molecule has 0 amide bonds. The zero-order valence-corrected chi connectivity index (χ0v) is 8.23. The summed E-state index contributed by atoms with van der Waals surface area (Å²) in [5.74, 6) is 1.35. The number of phenols is 1. The largest absolute Gasteiger partial charge is 0.504 e. The molecule has 3 heteroatoms. The Morgan fingerprint density at radius 3 is 2.71 bits per heavy atom. The molecule has 1 aliphatic heterocycles. The molecule has 0 radical (unpaired) electrons. The molecule has 3 nitrogen and oxygen atoms in total. The average molecular weight is 193 g/mol. The fourth-order valence-electron chi connectivity index (χ4n) is 1.50. The number of nitrogens with one attached hydrogen (secondary N) is 1. The molecule has 1 atom stereocenters. The van der Waals surface area contributed by atoms with Gasteiger partial charge in [0.15, 0.2) is 11.5 Å². The predicted octanol–water partition coefficient (Wildman–Crippen LogP) is 1.38. The van der Waals surface area contributed by atoms with Crippen LogP contribution in [0.5, 0.6) is 11.5 Å². The van der Waals surface area contributed by atoms with Crippen LogP contribution in [0.4, 0.5) is 0 Å². The first-order chi connectivity index (χ1) is 6.77. The Bertz CT molecular complexity index is 310. The van der Waals surface area contributed by atoms with Gasteiger partial charge in [-0.1, -0.05) is 12.1 Å². The van der Waals surface area contributed by atoms with E-state index in [1.54, 1.807) is 18.2 Å². The third-order valence-electron chi connectivity index (χ3n) is 2.66. The van der Waals surface area contributed by atoms with Crippen molar-refractivity contribution in [3.8, 4) is 11.5 Å². The summed E-state index contributed by atoms with van der Waals surface area (Å²) in [6, 6.07) is 7.08. The third-order valence-corrected chi connectivity index (χ3v) is 2.66. The van der Waals surface area contributed by atoms with E-state index in [0.717, 1.165) is 13.1 Å². The first-order valence-corrected chi connectivity index (χ1v) is 4.93. The van der Waals surface area contributed by atoms with E-state index in [0.29, 0.717) is 11.7 Å². The summed E-state index contributed by atoms with van der Waals surface area (Å²) in [6.07, 6.45) is 0.157. The van der Waals surface area contributed by atoms with E-state index in [1.807, 2.05) is 13.0 Å². The Morgan fingerprint density at radius 1 is 1.43 bits per heavy atom. The maximum atomic E-state index is 9.49. The Morgan fingerprint density at radius 2 is 2.14 bits per heavy atom. The van der Waals surface area contributed by atoms with Crippen molar-refractivity contribution < 1.29 is 9.84 Å². The molecule has 0 aliphatic carbocycles. The number of hydrogen-bond donors (Lipinski definition) is 2. The normalized spacial score (nSPS) is 18.6. The first-order valence-electron chi connectivity index (χ1n) is 4.93. The lowest BCUT2D eigenvalue weighted by Crippen LogP contribution is -2.49. The van der Waals surface area contributed by atoms with E-state index in [1.165, 1.54) is 0 Å². The number of hydrogen-bond acceptors (Lipinski definition) is 3. The van der Waals surface area contributed by atoms with E-state index in [4.69, 9.17) is 4.74 Å². The zero-order valence-electron chi connectivity index (χ0n) is 8.23. The Kier molecular flexibility index (Phi) is 2.59. The molecule has 1 aliphatic rings. The quantitative estimate of drug-likeness (QED) is 0.762. The van der Waals surface area contributed by atoms with Gasteiger partial charge < -0.3 is 15.2 Å². The van der Waals surface area contributed by atoms with Gasteiger partial charge in [0.05, 0.1) is 0 Å². The number of rotatable bonds is 3. The summed E-state index contributed by atoms with van der Waals surface area (Å²) < 4.78 is 5.66. The summed E-state index contributed by atoms with van der Waals surface area (Å²) >= 11 is 0. The second-order valence-corrected chi connectivity index (χ2v) is 3.71. The highest BCUT2D eigenvalue weighted by Crippen LogP contribution is 2.27. The van der Waals surface area contributed by atoms with Crippen molar-refractivity contribution in [3.63, 3.8) is 0 Å². The lowest BCUT2D eigenvalue weighted by molar-refractivity contribution is 0.111. The highest BCUT2D eigenvalue weighted by Gasteiger charge is 2.25.